The summed E-state index contributed by atoms with van der Waals surface area (Å²) in [5.74, 6) is 1.07. The van der Waals surface area contributed by atoms with Crippen molar-refractivity contribution >= 4 is 22.3 Å². The first-order chi connectivity index (χ1) is 20.3. The van der Waals surface area contributed by atoms with Gasteiger partial charge in [-0.05, 0) is 78.7 Å². The van der Waals surface area contributed by atoms with Gasteiger partial charge in [-0.25, -0.2) is 9.59 Å². The Kier molecular flexibility index (Phi) is 16.9. The number of carbonyl (C=O) groups excluding carboxylic acids is 2. The van der Waals surface area contributed by atoms with Gasteiger partial charge in [0.2, 0.25) is 0 Å². The number of nitrogens with one attached hydrogen (secondary N) is 2. The van der Waals surface area contributed by atoms with E-state index in [-0.39, 0.29) is 18.1 Å². The van der Waals surface area contributed by atoms with Crippen LogP contribution in [-0.4, -0.2) is 62.3 Å². The predicted octanol–water partition coefficient (Wildman–Crippen LogP) is 7.76. The Morgan fingerprint density at radius 1 is 0.795 bits per heavy atom. The van der Waals surface area contributed by atoms with E-state index in [2.05, 4.69) is 20.7 Å². The number of hydrogen-bond acceptors (Lipinski definition) is 8. The minimum Gasteiger partial charge on any atom is -0.444 e. The van der Waals surface area contributed by atoms with E-state index in [1.807, 2.05) is 27.7 Å². The molecule has 0 unspecified atom stereocenters. The predicted molar refractivity (Wildman–Crippen MR) is 173 cm³/mol. The molecule has 0 heterocycles. The first-order valence-electron chi connectivity index (χ1n) is 16.2. The number of nitrogens with zero attached hydrogens (tertiary/aromatic N) is 3. The fraction of sp³-hybridized carbons (Fsp3) is 0.935. The van der Waals surface area contributed by atoms with E-state index in [0.29, 0.717) is 18.3 Å². The quantitative estimate of drug-likeness (QED) is 0.100. The van der Waals surface area contributed by atoms with Gasteiger partial charge in [0, 0.05) is 11.0 Å². The van der Waals surface area contributed by atoms with Gasteiger partial charge in [-0.1, -0.05) is 76.2 Å². The molecular weight excluding hydrogens is 586 g/mol. The number of amides is 2. The largest absolute Gasteiger partial charge is 0.444 e. The lowest BCUT2D eigenvalue weighted by atomic mass is 9.83. The standard InChI is InChI=1S/C16H31NO5S.C15H28N4O2/c1-12(22-23(5,19)20)14(11-13-9-7-6-8-10-13)17-15(18)21-16(2,3)4;1-11(18-19-16)13(10-12-8-6-5-7-9-12)17-14(20)21-15(2,3)4/h12-14H,6-11H2,1-5H3,(H,17,18);11-13H,5-10H2,1-4H3,(H,17,20)/t12-,14+;11-,13-/m10/s1. The topological polar surface area (TPSA) is 169 Å². The van der Waals surface area contributed by atoms with Crippen molar-refractivity contribution in [2.45, 2.75) is 168 Å². The number of azide groups is 1. The normalized spacial score (nSPS) is 19.6. The highest BCUT2D eigenvalue weighted by Gasteiger charge is 2.30. The summed E-state index contributed by atoms with van der Waals surface area (Å²) in [6.07, 6.45) is 13.0. The molecule has 2 aliphatic carbocycles. The maximum Gasteiger partial charge on any atom is 0.407 e. The van der Waals surface area contributed by atoms with Crippen LogP contribution in [0.5, 0.6) is 0 Å². The van der Waals surface area contributed by atoms with Crippen LogP contribution in [0.4, 0.5) is 9.59 Å². The number of hydrogen-bond donors (Lipinski definition) is 2. The molecule has 0 aromatic rings. The van der Waals surface area contributed by atoms with Gasteiger partial charge in [-0.2, -0.15) is 8.42 Å². The van der Waals surface area contributed by atoms with Gasteiger partial charge in [0.15, 0.2) is 0 Å². The smallest absolute Gasteiger partial charge is 0.407 e. The van der Waals surface area contributed by atoms with Crippen molar-refractivity contribution in [2.24, 2.45) is 17.0 Å². The molecule has 2 fully saturated rings. The third kappa shape index (κ3) is 19.2. The summed E-state index contributed by atoms with van der Waals surface area (Å²) in [5.41, 5.74) is 7.50. The van der Waals surface area contributed by atoms with Gasteiger partial charge >= 0.3 is 12.2 Å². The highest BCUT2D eigenvalue weighted by molar-refractivity contribution is 7.86. The van der Waals surface area contributed by atoms with Crippen molar-refractivity contribution in [2.75, 3.05) is 6.26 Å². The van der Waals surface area contributed by atoms with E-state index < -0.39 is 39.6 Å². The zero-order chi connectivity index (χ0) is 33.6. The number of ether oxygens (including phenoxy) is 2. The van der Waals surface area contributed by atoms with Gasteiger partial charge in [-0.15, -0.1) is 0 Å². The fourth-order valence-corrected chi connectivity index (χ4v) is 6.42. The third-order valence-electron chi connectivity index (χ3n) is 7.74. The third-order valence-corrected chi connectivity index (χ3v) is 8.39. The van der Waals surface area contributed by atoms with Crippen LogP contribution in [-0.2, 0) is 23.8 Å². The van der Waals surface area contributed by atoms with E-state index >= 15 is 0 Å². The summed E-state index contributed by atoms with van der Waals surface area (Å²) in [6, 6.07) is -0.828. The first kappa shape index (κ1) is 39.8. The Balaban J connectivity index is 0.000000442. The molecule has 0 radical (unpaired) electrons. The zero-order valence-corrected chi connectivity index (χ0v) is 29.4. The molecule has 0 aromatic heterocycles. The lowest BCUT2D eigenvalue weighted by Gasteiger charge is -2.31. The summed E-state index contributed by atoms with van der Waals surface area (Å²) >= 11 is 0. The van der Waals surface area contributed by atoms with Crippen molar-refractivity contribution < 1.29 is 31.7 Å². The summed E-state index contributed by atoms with van der Waals surface area (Å²) in [4.78, 5) is 26.9. The molecule has 0 bridgehead atoms. The maximum atomic E-state index is 12.0. The van der Waals surface area contributed by atoms with E-state index in [4.69, 9.17) is 19.2 Å². The highest BCUT2D eigenvalue weighted by atomic mass is 32.2. The van der Waals surface area contributed by atoms with E-state index in [0.717, 1.165) is 25.5 Å². The Morgan fingerprint density at radius 2 is 1.18 bits per heavy atom. The van der Waals surface area contributed by atoms with Gasteiger partial charge < -0.3 is 20.1 Å². The molecule has 4 atom stereocenters. The minimum atomic E-state index is -3.57. The van der Waals surface area contributed by atoms with Crippen LogP contribution in [0.1, 0.15) is 132 Å². The average molecular weight is 646 g/mol. The summed E-state index contributed by atoms with van der Waals surface area (Å²) < 4.78 is 38.4. The molecule has 0 aliphatic heterocycles. The van der Waals surface area contributed by atoms with E-state index in [1.54, 1.807) is 27.7 Å². The molecule has 2 amide bonds. The Hall–Kier alpha value is -2.24. The van der Waals surface area contributed by atoms with Gasteiger partial charge in [-0.3, -0.25) is 4.18 Å². The lowest BCUT2D eigenvalue weighted by molar-refractivity contribution is 0.0434. The van der Waals surface area contributed by atoms with E-state index in [1.165, 1.54) is 51.4 Å². The number of rotatable bonds is 11. The van der Waals surface area contributed by atoms with Crippen molar-refractivity contribution in [3.63, 3.8) is 0 Å². The van der Waals surface area contributed by atoms with Gasteiger partial charge in [0.05, 0.1) is 24.4 Å². The van der Waals surface area contributed by atoms with Gasteiger partial charge in [0.25, 0.3) is 10.1 Å². The maximum absolute atomic E-state index is 12.0. The second-order valence-electron chi connectivity index (χ2n) is 14.4. The molecule has 2 aliphatic rings. The average Bonchev–Trinajstić information content (AvgIpc) is 2.86. The summed E-state index contributed by atoms with van der Waals surface area (Å²) in [7, 11) is -3.57. The van der Waals surface area contributed by atoms with Crippen molar-refractivity contribution in [1.82, 2.24) is 10.6 Å². The van der Waals surface area contributed by atoms with Crippen LogP contribution in [0.2, 0.25) is 0 Å². The number of alkyl carbamates (subject to hydrolysis) is 2. The van der Waals surface area contributed by atoms with Crippen molar-refractivity contribution in [3.05, 3.63) is 10.4 Å². The van der Waals surface area contributed by atoms with Crippen LogP contribution in [0.15, 0.2) is 5.11 Å². The summed E-state index contributed by atoms with van der Waals surface area (Å²) in [5, 5.41) is 9.42. The molecule has 0 spiro atoms. The lowest BCUT2D eigenvalue weighted by Crippen LogP contribution is -2.47. The molecule has 44 heavy (non-hydrogen) atoms. The molecule has 13 heteroatoms. The van der Waals surface area contributed by atoms with Crippen LogP contribution >= 0.6 is 0 Å². The molecule has 256 valence electrons. The van der Waals surface area contributed by atoms with Crippen molar-refractivity contribution in [3.8, 4) is 0 Å². The Morgan fingerprint density at radius 3 is 1.55 bits per heavy atom. The second kappa shape index (κ2) is 18.7. The Bertz CT molecular complexity index is 1020. The molecule has 12 nitrogen and oxygen atoms in total. The zero-order valence-electron chi connectivity index (χ0n) is 28.6. The number of carbonyl (C=O) groups is 2. The molecule has 2 N–H and O–H groups in total. The minimum absolute atomic E-state index is 0.168. The fourth-order valence-electron chi connectivity index (χ4n) is 5.73. The molecule has 0 saturated heterocycles. The van der Waals surface area contributed by atoms with Crippen LogP contribution in [0.25, 0.3) is 10.4 Å². The molecule has 2 saturated carbocycles. The van der Waals surface area contributed by atoms with Crippen LogP contribution in [0.3, 0.4) is 0 Å². The first-order valence-corrected chi connectivity index (χ1v) is 18.0. The molecule has 2 rings (SSSR count). The van der Waals surface area contributed by atoms with Gasteiger partial charge in [0.1, 0.15) is 11.2 Å². The van der Waals surface area contributed by atoms with Crippen LogP contribution in [0, 0.1) is 11.8 Å². The van der Waals surface area contributed by atoms with E-state index in [9.17, 15) is 18.0 Å². The second-order valence-corrected chi connectivity index (χ2v) is 16.0. The van der Waals surface area contributed by atoms with Crippen molar-refractivity contribution in [1.29, 1.82) is 0 Å². The summed E-state index contributed by atoms with van der Waals surface area (Å²) in [6.45, 7) is 14.4. The monoisotopic (exact) mass is 645 g/mol. The molecule has 0 aromatic carbocycles. The van der Waals surface area contributed by atoms with Crippen LogP contribution < -0.4 is 10.6 Å². The Labute approximate surface area is 265 Å². The SMILES string of the molecule is C[C@@H](OS(C)(=O)=O)[C@H](CC1CCCCC1)NC(=O)OC(C)(C)C.C[C@H](N=[N+]=[N-])[C@H](CC1CCCCC1)NC(=O)OC(C)(C)C. The highest BCUT2D eigenvalue weighted by Crippen LogP contribution is 2.30. The molecular formula is C31H59N5O7S.